The van der Waals surface area contributed by atoms with E-state index >= 15 is 0 Å². The van der Waals surface area contributed by atoms with Crippen molar-refractivity contribution in [2.75, 3.05) is 58.8 Å². The van der Waals surface area contributed by atoms with Gasteiger partial charge < -0.3 is 24.7 Å². The van der Waals surface area contributed by atoms with Gasteiger partial charge in [-0.2, -0.15) is 0 Å². The van der Waals surface area contributed by atoms with Crippen molar-refractivity contribution in [2.24, 2.45) is 5.14 Å². The number of sulfonamides is 1. The Morgan fingerprint density at radius 1 is 0.783 bits per heavy atom. The Morgan fingerprint density at radius 2 is 1.43 bits per heavy atom. The number of nitrogens with one attached hydrogen (secondary N) is 2. The summed E-state index contributed by atoms with van der Waals surface area (Å²) < 4.78 is 35.2. The van der Waals surface area contributed by atoms with E-state index in [1.807, 2.05) is 24.3 Å². The number of fused-ring (bicyclic) bond motifs is 2. The molecule has 6 aromatic rings. The van der Waals surface area contributed by atoms with Crippen molar-refractivity contribution in [2.45, 2.75) is 31.1 Å². The van der Waals surface area contributed by atoms with Gasteiger partial charge in [0.15, 0.2) is 0 Å². The summed E-state index contributed by atoms with van der Waals surface area (Å²) in [5.74, 6) is 1.42. The lowest BCUT2D eigenvalue weighted by Crippen LogP contribution is -2.25. The minimum absolute atomic E-state index is 0.0361. The SMILES string of the molecule is CC/C(=C(\c1ccccc1)c1ccc(OCCN(C)C)cc1)c1ccccc1.NS(=O)(=O)c1ccc2c(c1)/C(=C/c1cc3cc(OCCN4CCCC4)ccc3[nH]1)C(=O)N2. The maximum absolute atomic E-state index is 12.5. The summed E-state index contributed by atoms with van der Waals surface area (Å²) >= 11 is 0. The summed E-state index contributed by atoms with van der Waals surface area (Å²) in [7, 11) is 0.242. The molecule has 3 heterocycles. The number of rotatable bonds is 14. The molecular weight excluding hydrogens is 771 g/mol. The minimum Gasteiger partial charge on any atom is -0.492 e. The number of nitrogens with two attached hydrogens (primary N) is 1. The number of primary sulfonamides is 1. The Kier molecular flexibility index (Phi) is 13.6. The molecule has 11 heteroatoms. The van der Waals surface area contributed by atoms with E-state index in [1.54, 1.807) is 12.1 Å². The lowest BCUT2D eigenvalue weighted by atomic mass is 9.88. The molecule has 0 saturated carbocycles. The number of nitrogens with zero attached hydrogens (tertiary/aromatic N) is 2. The predicted octanol–water partition coefficient (Wildman–Crippen LogP) is 8.78. The molecule has 0 spiro atoms. The van der Waals surface area contributed by atoms with Crippen LogP contribution in [-0.2, 0) is 14.8 Å². The van der Waals surface area contributed by atoms with Gasteiger partial charge in [-0.25, -0.2) is 13.6 Å². The van der Waals surface area contributed by atoms with Crippen LogP contribution < -0.4 is 19.9 Å². The highest BCUT2D eigenvalue weighted by Gasteiger charge is 2.26. The third-order valence-corrected chi connectivity index (χ3v) is 11.6. The molecule has 310 valence electrons. The van der Waals surface area contributed by atoms with Crippen LogP contribution in [0, 0.1) is 0 Å². The fraction of sp³-hybridized carbons (Fsp3) is 0.245. The number of hydrogen-bond donors (Lipinski definition) is 3. The van der Waals surface area contributed by atoms with Crippen molar-refractivity contribution < 1.29 is 22.7 Å². The molecule has 1 amide bonds. The molecule has 1 fully saturated rings. The van der Waals surface area contributed by atoms with Crippen LogP contribution in [-0.4, -0.2) is 82.6 Å². The van der Waals surface area contributed by atoms with Gasteiger partial charge in [-0.05, 0) is 135 Å². The van der Waals surface area contributed by atoms with Gasteiger partial charge in [0, 0.05) is 40.9 Å². The molecule has 0 atom stereocenters. The van der Waals surface area contributed by atoms with E-state index in [-0.39, 0.29) is 10.8 Å². The first-order valence-electron chi connectivity index (χ1n) is 20.5. The molecule has 0 aliphatic carbocycles. The standard InChI is InChI=1S/C26H29NO.C23H24N4O4S/c1-4-25(21-11-7-5-8-12-21)26(22-13-9-6-10-14-22)23-15-17-24(18-16-23)28-20-19-27(2)3;24-32(29,30)18-4-6-22-19(14-18)20(23(28)26-22)13-16-11-15-12-17(3-5-21(15)25-16)31-10-9-27-7-1-2-8-27/h5-18H,4,19-20H2,1-3H3;3-6,11-14,25H,1-2,7-10H2,(H,26,28)(H2,24,29,30)/b26-25-;20-13-. The van der Waals surface area contributed by atoms with Crippen molar-refractivity contribution in [1.29, 1.82) is 0 Å². The number of H-pyrrole nitrogens is 1. The lowest BCUT2D eigenvalue weighted by molar-refractivity contribution is -0.110. The Bertz CT molecular complexity index is 2580. The smallest absolute Gasteiger partial charge is 0.256 e. The maximum Gasteiger partial charge on any atom is 0.256 e. The Hall–Kier alpha value is -5.98. The molecule has 0 radical (unpaired) electrons. The zero-order chi connectivity index (χ0) is 42.1. The number of likely N-dealkylation sites (N-methyl/N-ethyl adjacent to an activating group) is 1. The second-order valence-electron chi connectivity index (χ2n) is 15.3. The number of hydrogen-bond acceptors (Lipinski definition) is 7. The molecule has 8 rings (SSSR count). The highest BCUT2D eigenvalue weighted by Crippen LogP contribution is 2.36. The number of benzene rings is 5. The van der Waals surface area contributed by atoms with E-state index in [4.69, 9.17) is 14.6 Å². The predicted molar refractivity (Wildman–Crippen MR) is 243 cm³/mol. The van der Waals surface area contributed by atoms with E-state index < -0.39 is 10.0 Å². The molecule has 1 aromatic heterocycles. The molecule has 10 nitrogen and oxygen atoms in total. The number of carbonyl (C=O) groups excluding carboxylic acids is 1. The molecule has 2 aliphatic rings. The molecule has 0 bridgehead atoms. The van der Waals surface area contributed by atoms with Crippen LogP contribution in [0.3, 0.4) is 0 Å². The van der Waals surface area contributed by atoms with Gasteiger partial charge in [0.25, 0.3) is 5.91 Å². The van der Waals surface area contributed by atoms with Crippen LogP contribution in [0.5, 0.6) is 11.5 Å². The van der Waals surface area contributed by atoms with E-state index in [0.29, 0.717) is 30.0 Å². The third-order valence-electron chi connectivity index (χ3n) is 10.7. The number of aromatic amines is 1. The quantitative estimate of drug-likeness (QED) is 0.0740. The lowest BCUT2D eigenvalue weighted by Gasteiger charge is -2.17. The summed E-state index contributed by atoms with van der Waals surface area (Å²) in [6, 6.07) is 41.9. The van der Waals surface area contributed by atoms with Gasteiger partial charge >= 0.3 is 0 Å². The van der Waals surface area contributed by atoms with E-state index in [2.05, 4.69) is 126 Å². The summed E-state index contributed by atoms with van der Waals surface area (Å²) in [4.78, 5) is 20.3. The molecule has 0 unspecified atom stereocenters. The number of allylic oxidation sites excluding steroid dienone is 1. The Morgan fingerprint density at radius 3 is 2.10 bits per heavy atom. The molecule has 4 N–H and O–H groups in total. The van der Waals surface area contributed by atoms with Crippen LogP contribution in [0.4, 0.5) is 5.69 Å². The van der Waals surface area contributed by atoms with Gasteiger partial charge in [-0.15, -0.1) is 0 Å². The minimum atomic E-state index is -3.87. The molecule has 5 aromatic carbocycles. The number of likely N-dealkylation sites (tertiary alicyclic amines) is 1. The number of aromatic nitrogens is 1. The Labute approximate surface area is 353 Å². The molecular formula is C49H53N5O5S. The first-order chi connectivity index (χ1) is 29.1. The Balaban J connectivity index is 0.000000183. The van der Waals surface area contributed by atoms with E-state index in [1.165, 1.54) is 52.8 Å². The second kappa shape index (κ2) is 19.4. The van der Waals surface area contributed by atoms with Crippen molar-refractivity contribution in [3.05, 3.63) is 155 Å². The molecule has 1 saturated heterocycles. The van der Waals surface area contributed by atoms with Gasteiger partial charge in [-0.1, -0.05) is 79.7 Å². The first-order valence-corrected chi connectivity index (χ1v) is 22.0. The highest BCUT2D eigenvalue weighted by atomic mass is 32.2. The van der Waals surface area contributed by atoms with Gasteiger partial charge in [-0.3, -0.25) is 9.69 Å². The van der Waals surface area contributed by atoms with Gasteiger partial charge in [0.2, 0.25) is 10.0 Å². The van der Waals surface area contributed by atoms with Crippen LogP contribution in [0.15, 0.2) is 132 Å². The first kappa shape index (κ1) is 42.2. The fourth-order valence-corrected chi connectivity index (χ4v) is 8.13. The van der Waals surface area contributed by atoms with E-state index in [0.717, 1.165) is 60.7 Å². The van der Waals surface area contributed by atoms with Crippen molar-refractivity contribution in [3.8, 4) is 11.5 Å². The molecule has 2 aliphatic heterocycles. The maximum atomic E-state index is 12.5. The van der Waals surface area contributed by atoms with Gasteiger partial charge in [0.1, 0.15) is 24.7 Å². The summed E-state index contributed by atoms with van der Waals surface area (Å²) in [5.41, 5.74) is 9.45. The van der Waals surface area contributed by atoms with Crippen molar-refractivity contribution in [1.82, 2.24) is 14.8 Å². The number of ether oxygens (including phenoxy) is 2. The van der Waals surface area contributed by atoms with Gasteiger partial charge in [0.05, 0.1) is 10.5 Å². The normalized spacial score (nSPS) is 15.1. The summed E-state index contributed by atoms with van der Waals surface area (Å²) in [6.07, 6.45) is 5.20. The summed E-state index contributed by atoms with van der Waals surface area (Å²) in [6.45, 7) is 7.70. The topological polar surface area (TPSA) is 130 Å². The second-order valence-corrected chi connectivity index (χ2v) is 16.8. The average Bonchev–Trinajstić information content (AvgIpc) is 3.99. The average molecular weight is 824 g/mol. The monoisotopic (exact) mass is 823 g/mol. The van der Waals surface area contributed by atoms with Crippen LogP contribution in [0.2, 0.25) is 0 Å². The third kappa shape index (κ3) is 10.6. The number of amides is 1. The van der Waals surface area contributed by atoms with Crippen LogP contribution >= 0.6 is 0 Å². The molecule has 60 heavy (non-hydrogen) atoms. The highest BCUT2D eigenvalue weighted by molar-refractivity contribution is 7.89. The number of carbonyl (C=O) groups is 1. The van der Waals surface area contributed by atoms with E-state index in [9.17, 15) is 13.2 Å². The zero-order valence-corrected chi connectivity index (χ0v) is 35.3. The largest absolute Gasteiger partial charge is 0.492 e. The zero-order valence-electron chi connectivity index (χ0n) is 34.5. The van der Waals surface area contributed by atoms with Crippen LogP contribution in [0.25, 0.3) is 33.7 Å². The van der Waals surface area contributed by atoms with Crippen molar-refractivity contribution >= 4 is 55.3 Å². The van der Waals surface area contributed by atoms with Crippen molar-refractivity contribution in [3.63, 3.8) is 0 Å². The number of anilines is 1. The fourth-order valence-electron chi connectivity index (χ4n) is 7.59. The van der Waals surface area contributed by atoms with Crippen LogP contribution in [0.1, 0.15) is 54.1 Å². The summed E-state index contributed by atoms with van der Waals surface area (Å²) in [5, 5.41) is 8.97.